The van der Waals surface area contributed by atoms with Crippen molar-refractivity contribution in [1.82, 2.24) is 5.32 Å². The summed E-state index contributed by atoms with van der Waals surface area (Å²) < 4.78 is 13.6. The molecule has 0 saturated carbocycles. The van der Waals surface area contributed by atoms with Crippen LogP contribution in [0.15, 0.2) is 22.7 Å². The molecule has 1 aliphatic heterocycles. The van der Waals surface area contributed by atoms with Gasteiger partial charge in [0.15, 0.2) is 0 Å². The fraction of sp³-hybridized carbons (Fsp3) is 0.467. The maximum Gasteiger partial charge on any atom is 0.250 e. The van der Waals surface area contributed by atoms with E-state index >= 15 is 0 Å². The lowest BCUT2D eigenvalue weighted by Gasteiger charge is -2.39. The number of halogens is 2. The van der Waals surface area contributed by atoms with E-state index in [2.05, 4.69) is 21.2 Å². The van der Waals surface area contributed by atoms with Crippen molar-refractivity contribution >= 4 is 33.4 Å². The van der Waals surface area contributed by atoms with Crippen LogP contribution in [-0.4, -0.2) is 23.9 Å². The Morgan fingerprint density at radius 1 is 1.43 bits per heavy atom. The summed E-state index contributed by atoms with van der Waals surface area (Å²) in [5.41, 5.74) is 0.518. The minimum atomic E-state index is -0.616. The first-order valence-electron chi connectivity index (χ1n) is 6.95. The van der Waals surface area contributed by atoms with E-state index in [1.165, 1.54) is 23.1 Å². The first kappa shape index (κ1) is 15.9. The van der Waals surface area contributed by atoms with Gasteiger partial charge in [-0.05, 0) is 47.0 Å². The summed E-state index contributed by atoms with van der Waals surface area (Å²) in [6.45, 7) is 5.57. The average molecular weight is 357 g/mol. The molecule has 0 aliphatic carbocycles. The van der Waals surface area contributed by atoms with Gasteiger partial charge in [0.05, 0.1) is 4.47 Å². The Morgan fingerprint density at radius 3 is 2.67 bits per heavy atom. The van der Waals surface area contributed by atoms with E-state index in [0.717, 1.165) is 6.42 Å². The molecular formula is C15H18BrFN2O2. The van der Waals surface area contributed by atoms with Gasteiger partial charge in [0.25, 0.3) is 5.91 Å². The minimum Gasteiger partial charge on any atom is -0.342 e. The van der Waals surface area contributed by atoms with E-state index in [-0.39, 0.29) is 22.2 Å². The molecule has 3 unspecified atom stereocenters. The van der Waals surface area contributed by atoms with Crippen LogP contribution in [0.2, 0.25) is 0 Å². The van der Waals surface area contributed by atoms with Gasteiger partial charge < -0.3 is 5.32 Å². The van der Waals surface area contributed by atoms with Gasteiger partial charge in [-0.3, -0.25) is 14.5 Å². The molecule has 0 spiro atoms. The molecule has 1 saturated heterocycles. The molecule has 1 heterocycles. The molecule has 21 heavy (non-hydrogen) atoms. The standard InChI is InChI=1S/C15H18BrFN2O2/c1-4-8(2)13-15(21)19(9(3)14(20)18-13)10-5-6-12(17)11(16)7-10/h5-9,13H,4H2,1-3H3,(H,18,20). The normalized spacial score (nSPS) is 24.0. The molecule has 1 aromatic rings. The third-order valence-electron chi connectivity index (χ3n) is 3.96. The summed E-state index contributed by atoms with van der Waals surface area (Å²) in [6.07, 6.45) is 0.784. The summed E-state index contributed by atoms with van der Waals surface area (Å²) in [5, 5.41) is 2.78. The van der Waals surface area contributed by atoms with E-state index in [0.29, 0.717) is 5.69 Å². The van der Waals surface area contributed by atoms with Crippen molar-refractivity contribution in [3.63, 3.8) is 0 Å². The Kier molecular flexibility index (Phi) is 4.66. The Hall–Kier alpha value is -1.43. The van der Waals surface area contributed by atoms with Crippen LogP contribution < -0.4 is 10.2 Å². The zero-order valence-electron chi connectivity index (χ0n) is 12.2. The molecule has 1 aliphatic rings. The van der Waals surface area contributed by atoms with E-state index in [1.807, 2.05) is 13.8 Å². The molecule has 0 bridgehead atoms. The number of rotatable bonds is 3. The van der Waals surface area contributed by atoms with Crippen LogP contribution in [0, 0.1) is 11.7 Å². The van der Waals surface area contributed by atoms with Gasteiger partial charge in [0.2, 0.25) is 5.91 Å². The van der Waals surface area contributed by atoms with Crippen molar-refractivity contribution in [2.24, 2.45) is 5.92 Å². The quantitative estimate of drug-likeness (QED) is 0.905. The van der Waals surface area contributed by atoms with Crippen molar-refractivity contribution in [3.8, 4) is 0 Å². The molecular weight excluding hydrogens is 339 g/mol. The second-order valence-electron chi connectivity index (χ2n) is 5.35. The highest BCUT2D eigenvalue weighted by Gasteiger charge is 2.40. The molecule has 1 N–H and O–H groups in total. The number of nitrogens with one attached hydrogen (secondary N) is 1. The molecule has 1 fully saturated rings. The number of anilines is 1. The number of hydrogen-bond donors (Lipinski definition) is 1. The molecule has 2 rings (SSSR count). The van der Waals surface area contributed by atoms with E-state index in [4.69, 9.17) is 0 Å². The summed E-state index contributed by atoms with van der Waals surface area (Å²) >= 11 is 3.11. The van der Waals surface area contributed by atoms with Crippen molar-refractivity contribution in [2.75, 3.05) is 4.90 Å². The highest BCUT2D eigenvalue weighted by Crippen LogP contribution is 2.28. The highest BCUT2D eigenvalue weighted by molar-refractivity contribution is 9.10. The third kappa shape index (κ3) is 2.95. The number of piperazine rings is 1. The fourth-order valence-electron chi connectivity index (χ4n) is 2.40. The smallest absolute Gasteiger partial charge is 0.250 e. The number of hydrogen-bond acceptors (Lipinski definition) is 2. The van der Waals surface area contributed by atoms with Crippen molar-refractivity contribution < 1.29 is 14.0 Å². The average Bonchev–Trinajstić information content (AvgIpc) is 2.46. The van der Waals surface area contributed by atoms with Crippen LogP contribution in [-0.2, 0) is 9.59 Å². The van der Waals surface area contributed by atoms with E-state index in [9.17, 15) is 14.0 Å². The van der Waals surface area contributed by atoms with Crippen LogP contribution >= 0.6 is 15.9 Å². The lowest BCUT2D eigenvalue weighted by molar-refractivity contribution is -0.134. The SMILES string of the molecule is CCC(C)C1NC(=O)C(C)N(c2ccc(F)c(Br)c2)C1=O. The minimum absolute atomic E-state index is 0.0420. The Bertz CT molecular complexity index is 579. The van der Waals surface area contributed by atoms with Crippen LogP contribution in [0.3, 0.4) is 0 Å². The van der Waals surface area contributed by atoms with Gasteiger partial charge in [0.1, 0.15) is 17.9 Å². The van der Waals surface area contributed by atoms with Crippen LogP contribution in [0.5, 0.6) is 0 Å². The van der Waals surface area contributed by atoms with Crippen molar-refractivity contribution in [3.05, 3.63) is 28.5 Å². The number of nitrogens with zero attached hydrogens (tertiary/aromatic N) is 1. The summed E-state index contributed by atoms with van der Waals surface area (Å²) in [6, 6.07) is 3.17. The van der Waals surface area contributed by atoms with E-state index in [1.54, 1.807) is 6.92 Å². The molecule has 2 amide bonds. The number of amides is 2. The van der Waals surface area contributed by atoms with Gasteiger partial charge >= 0.3 is 0 Å². The predicted molar refractivity (Wildman–Crippen MR) is 82.4 cm³/mol. The first-order valence-corrected chi connectivity index (χ1v) is 7.74. The van der Waals surface area contributed by atoms with Gasteiger partial charge in [-0.1, -0.05) is 20.3 Å². The topological polar surface area (TPSA) is 49.4 Å². The predicted octanol–water partition coefficient (Wildman–Crippen LogP) is 2.85. The maximum atomic E-state index is 13.4. The monoisotopic (exact) mass is 356 g/mol. The first-order chi connectivity index (χ1) is 9.86. The molecule has 0 aromatic heterocycles. The largest absolute Gasteiger partial charge is 0.342 e. The van der Waals surface area contributed by atoms with Gasteiger partial charge in [-0.2, -0.15) is 0 Å². The van der Waals surface area contributed by atoms with Crippen LogP contribution in [0.25, 0.3) is 0 Å². The molecule has 6 heteroatoms. The molecule has 0 radical (unpaired) electrons. The lowest BCUT2D eigenvalue weighted by atomic mass is 9.94. The van der Waals surface area contributed by atoms with Gasteiger partial charge in [-0.25, -0.2) is 4.39 Å². The molecule has 1 aromatic carbocycles. The number of carbonyl (C=O) groups is 2. The Labute approximate surface area is 131 Å². The second-order valence-corrected chi connectivity index (χ2v) is 6.21. The highest BCUT2D eigenvalue weighted by atomic mass is 79.9. The fourth-order valence-corrected chi connectivity index (χ4v) is 2.77. The van der Waals surface area contributed by atoms with Crippen LogP contribution in [0.1, 0.15) is 27.2 Å². The van der Waals surface area contributed by atoms with Crippen molar-refractivity contribution in [1.29, 1.82) is 0 Å². The van der Waals surface area contributed by atoms with Gasteiger partial charge in [-0.15, -0.1) is 0 Å². The number of benzene rings is 1. The summed E-state index contributed by atoms with van der Waals surface area (Å²) in [5.74, 6) is -0.713. The summed E-state index contributed by atoms with van der Waals surface area (Å²) in [4.78, 5) is 26.2. The zero-order chi connectivity index (χ0) is 15.7. The third-order valence-corrected chi connectivity index (χ3v) is 4.57. The van der Waals surface area contributed by atoms with Gasteiger partial charge in [0, 0.05) is 5.69 Å². The van der Waals surface area contributed by atoms with Crippen LogP contribution in [0.4, 0.5) is 10.1 Å². The Morgan fingerprint density at radius 2 is 2.10 bits per heavy atom. The molecule has 3 atom stereocenters. The van der Waals surface area contributed by atoms with Crippen molar-refractivity contribution in [2.45, 2.75) is 39.3 Å². The Balaban J connectivity index is 2.40. The second kappa shape index (κ2) is 6.13. The zero-order valence-corrected chi connectivity index (χ0v) is 13.8. The maximum absolute atomic E-state index is 13.4. The molecule has 4 nitrogen and oxygen atoms in total. The number of carbonyl (C=O) groups excluding carboxylic acids is 2. The van der Waals surface area contributed by atoms with E-state index < -0.39 is 17.9 Å². The summed E-state index contributed by atoms with van der Waals surface area (Å²) in [7, 11) is 0. The lowest BCUT2D eigenvalue weighted by Crippen LogP contribution is -2.64. The molecule has 114 valence electrons.